The molecule has 0 radical (unpaired) electrons. The van der Waals surface area contributed by atoms with Crippen molar-refractivity contribution in [2.24, 2.45) is 0 Å². The number of para-hydroxylation sites is 2. The Morgan fingerprint density at radius 1 is 1.17 bits per heavy atom. The molecular formula is C25H24N4O. The van der Waals surface area contributed by atoms with Crippen molar-refractivity contribution >= 4 is 28.2 Å². The van der Waals surface area contributed by atoms with Gasteiger partial charge in [-0.3, -0.25) is 9.78 Å². The predicted octanol–water partition coefficient (Wildman–Crippen LogP) is 4.81. The van der Waals surface area contributed by atoms with E-state index in [0.717, 1.165) is 36.3 Å². The van der Waals surface area contributed by atoms with E-state index in [4.69, 9.17) is 0 Å². The van der Waals surface area contributed by atoms with Crippen LogP contribution in [0.25, 0.3) is 10.9 Å². The van der Waals surface area contributed by atoms with Crippen LogP contribution in [0.3, 0.4) is 0 Å². The first-order valence-corrected chi connectivity index (χ1v) is 10.4. The van der Waals surface area contributed by atoms with Gasteiger partial charge in [0.15, 0.2) is 0 Å². The summed E-state index contributed by atoms with van der Waals surface area (Å²) < 4.78 is 0. The highest BCUT2D eigenvalue weighted by Gasteiger charge is 2.31. The molecule has 30 heavy (non-hydrogen) atoms. The second kappa shape index (κ2) is 7.67. The number of carbonyl (C=O) groups excluding carboxylic acids is 1. The summed E-state index contributed by atoms with van der Waals surface area (Å²) in [6, 6.07) is 20.3. The van der Waals surface area contributed by atoms with Crippen LogP contribution in [0.15, 0.2) is 73.1 Å². The first-order chi connectivity index (χ1) is 14.7. The van der Waals surface area contributed by atoms with Gasteiger partial charge in [-0.15, -0.1) is 0 Å². The van der Waals surface area contributed by atoms with E-state index in [1.807, 2.05) is 41.3 Å². The molecule has 1 aliphatic heterocycles. The summed E-state index contributed by atoms with van der Waals surface area (Å²) in [6.45, 7) is 2.86. The van der Waals surface area contributed by atoms with Crippen LogP contribution in [-0.4, -0.2) is 28.5 Å². The van der Waals surface area contributed by atoms with Crippen molar-refractivity contribution in [1.29, 1.82) is 0 Å². The molecule has 1 aliphatic rings. The summed E-state index contributed by atoms with van der Waals surface area (Å²) in [5.41, 5.74) is 6.03. The largest absolute Gasteiger partial charge is 0.385 e. The lowest BCUT2D eigenvalue weighted by Crippen LogP contribution is -2.36. The van der Waals surface area contributed by atoms with Crippen molar-refractivity contribution < 1.29 is 4.79 Å². The molecule has 1 atom stereocenters. The predicted molar refractivity (Wildman–Crippen MR) is 121 cm³/mol. The molecule has 1 amide bonds. The van der Waals surface area contributed by atoms with Gasteiger partial charge >= 0.3 is 0 Å². The minimum absolute atomic E-state index is 0.0484. The first-order valence-electron chi connectivity index (χ1n) is 10.4. The summed E-state index contributed by atoms with van der Waals surface area (Å²) in [5, 5.41) is 4.70. The average Bonchev–Trinajstić information content (AvgIpc) is 3.33. The van der Waals surface area contributed by atoms with E-state index < -0.39 is 0 Å². The smallest absolute Gasteiger partial charge is 0.277 e. The number of pyridine rings is 1. The minimum Gasteiger partial charge on any atom is -0.385 e. The van der Waals surface area contributed by atoms with Gasteiger partial charge in [0.1, 0.15) is 5.69 Å². The number of fused-ring (bicyclic) bond motifs is 2. The number of nitrogens with zero attached hydrogens (tertiary/aromatic N) is 2. The van der Waals surface area contributed by atoms with Gasteiger partial charge in [-0.05, 0) is 55.2 Å². The Labute approximate surface area is 175 Å². The van der Waals surface area contributed by atoms with Crippen LogP contribution in [0.4, 0.5) is 11.4 Å². The molecule has 0 saturated heterocycles. The molecule has 2 N–H and O–H groups in total. The Morgan fingerprint density at radius 2 is 2.00 bits per heavy atom. The highest BCUT2D eigenvalue weighted by molar-refractivity contribution is 6.07. The molecule has 2 aromatic heterocycles. The van der Waals surface area contributed by atoms with Gasteiger partial charge < -0.3 is 15.2 Å². The zero-order valence-corrected chi connectivity index (χ0v) is 16.9. The monoisotopic (exact) mass is 396 g/mol. The van der Waals surface area contributed by atoms with E-state index in [2.05, 4.69) is 52.7 Å². The van der Waals surface area contributed by atoms with E-state index >= 15 is 0 Å². The molecule has 5 nitrogen and oxygen atoms in total. The van der Waals surface area contributed by atoms with Gasteiger partial charge in [-0.25, -0.2) is 0 Å². The summed E-state index contributed by atoms with van der Waals surface area (Å²) >= 11 is 0. The van der Waals surface area contributed by atoms with E-state index in [-0.39, 0.29) is 11.9 Å². The van der Waals surface area contributed by atoms with Crippen molar-refractivity contribution in [2.45, 2.75) is 25.8 Å². The van der Waals surface area contributed by atoms with E-state index in [9.17, 15) is 4.79 Å². The fourth-order valence-corrected chi connectivity index (χ4v) is 4.34. The SMILES string of the molecule is CC1Cc2ccccc2N1C(=O)c1cc(NCCc2c[nH]c3ccccc23)ccn1. The van der Waals surface area contributed by atoms with Crippen molar-refractivity contribution in [3.8, 4) is 0 Å². The van der Waals surface area contributed by atoms with Crippen LogP contribution in [0.1, 0.15) is 28.5 Å². The van der Waals surface area contributed by atoms with Gasteiger partial charge in [0.2, 0.25) is 0 Å². The summed E-state index contributed by atoms with van der Waals surface area (Å²) in [5.74, 6) is -0.0484. The van der Waals surface area contributed by atoms with Crippen LogP contribution >= 0.6 is 0 Å². The average molecular weight is 396 g/mol. The van der Waals surface area contributed by atoms with Gasteiger partial charge in [0, 0.05) is 47.3 Å². The summed E-state index contributed by atoms with van der Waals surface area (Å²) in [4.78, 5) is 22.7. The number of amides is 1. The van der Waals surface area contributed by atoms with Crippen LogP contribution in [-0.2, 0) is 12.8 Å². The Morgan fingerprint density at radius 3 is 2.93 bits per heavy atom. The molecule has 1 unspecified atom stereocenters. The number of anilines is 2. The fourth-order valence-electron chi connectivity index (χ4n) is 4.34. The Kier molecular flexibility index (Phi) is 4.71. The number of carbonyl (C=O) groups is 1. The zero-order valence-electron chi connectivity index (χ0n) is 16.9. The second-order valence-corrected chi connectivity index (χ2v) is 7.82. The standard InChI is InChI=1S/C25H24N4O/c1-17-14-18-6-2-5-9-24(18)29(17)25(30)23-15-20(11-13-27-23)26-12-10-19-16-28-22-8-4-3-7-21(19)22/h2-9,11,13,15-17,28H,10,12,14H2,1H3,(H,26,27). The van der Waals surface area contributed by atoms with E-state index in [0.29, 0.717) is 5.69 Å². The number of hydrogen-bond donors (Lipinski definition) is 2. The lowest BCUT2D eigenvalue weighted by atomic mass is 10.1. The lowest BCUT2D eigenvalue weighted by Gasteiger charge is -2.22. The Bertz CT molecular complexity index is 1210. The highest BCUT2D eigenvalue weighted by Crippen LogP contribution is 2.33. The molecule has 4 aromatic rings. The van der Waals surface area contributed by atoms with Crippen LogP contribution in [0.2, 0.25) is 0 Å². The summed E-state index contributed by atoms with van der Waals surface area (Å²) in [7, 11) is 0. The van der Waals surface area contributed by atoms with Gasteiger partial charge in [0.25, 0.3) is 5.91 Å². The molecule has 150 valence electrons. The minimum atomic E-state index is -0.0484. The Hall–Kier alpha value is -3.60. The van der Waals surface area contributed by atoms with Crippen molar-refractivity contribution in [3.05, 3.63) is 89.9 Å². The normalized spacial score (nSPS) is 15.4. The van der Waals surface area contributed by atoms with Crippen molar-refractivity contribution in [3.63, 3.8) is 0 Å². The first kappa shape index (κ1) is 18.4. The maximum atomic E-state index is 13.2. The van der Waals surface area contributed by atoms with Crippen LogP contribution in [0.5, 0.6) is 0 Å². The molecule has 0 spiro atoms. The Balaban J connectivity index is 1.29. The topological polar surface area (TPSA) is 61.0 Å². The third-order valence-corrected chi connectivity index (χ3v) is 5.80. The van der Waals surface area contributed by atoms with Gasteiger partial charge in [0.05, 0.1) is 0 Å². The number of H-pyrrole nitrogens is 1. The summed E-state index contributed by atoms with van der Waals surface area (Å²) in [6.07, 6.45) is 5.55. The third kappa shape index (κ3) is 3.32. The highest BCUT2D eigenvalue weighted by atomic mass is 16.2. The molecule has 3 heterocycles. The van der Waals surface area contributed by atoms with Crippen LogP contribution in [0, 0.1) is 0 Å². The maximum Gasteiger partial charge on any atom is 0.277 e. The van der Waals surface area contributed by atoms with E-state index in [1.165, 1.54) is 16.5 Å². The second-order valence-electron chi connectivity index (χ2n) is 7.82. The number of aromatic nitrogens is 2. The number of benzene rings is 2. The quantitative estimate of drug-likeness (QED) is 0.509. The molecule has 2 aromatic carbocycles. The molecule has 0 bridgehead atoms. The number of nitrogens with one attached hydrogen (secondary N) is 2. The molecule has 5 heteroatoms. The zero-order chi connectivity index (χ0) is 20.5. The third-order valence-electron chi connectivity index (χ3n) is 5.80. The van der Waals surface area contributed by atoms with Crippen LogP contribution < -0.4 is 10.2 Å². The molecule has 0 saturated carbocycles. The maximum absolute atomic E-state index is 13.2. The van der Waals surface area contributed by atoms with Crippen molar-refractivity contribution in [1.82, 2.24) is 9.97 Å². The van der Waals surface area contributed by atoms with Crippen molar-refractivity contribution in [2.75, 3.05) is 16.8 Å². The molecular weight excluding hydrogens is 372 g/mol. The number of aromatic amines is 1. The van der Waals surface area contributed by atoms with E-state index in [1.54, 1.807) is 6.20 Å². The molecule has 0 aliphatic carbocycles. The fraction of sp³-hybridized carbons (Fsp3) is 0.200. The molecule has 5 rings (SSSR count). The lowest BCUT2D eigenvalue weighted by molar-refractivity contribution is 0.0976. The molecule has 0 fully saturated rings. The number of rotatable bonds is 5. The number of hydrogen-bond acceptors (Lipinski definition) is 3. The van der Waals surface area contributed by atoms with Gasteiger partial charge in [-0.2, -0.15) is 0 Å². The van der Waals surface area contributed by atoms with Gasteiger partial charge in [-0.1, -0.05) is 36.4 Å².